The first-order chi connectivity index (χ1) is 12.9. The van der Waals surface area contributed by atoms with Crippen LogP contribution >= 0.6 is 0 Å². The van der Waals surface area contributed by atoms with Gasteiger partial charge in [-0.25, -0.2) is 9.78 Å². The number of carbonyl (C=O) groups is 2. The Morgan fingerprint density at radius 3 is 2.78 bits per heavy atom. The van der Waals surface area contributed by atoms with Gasteiger partial charge in [0.05, 0.1) is 23.0 Å². The highest BCUT2D eigenvalue weighted by atomic mass is 16.5. The smallest absolute Gasteiger partial charge is 0.337 e. The van der Waals surface area contributed by atoms with Crippen LogP contribution in [0.15, 0.2) is 30.3 Å². The number of benzene rings is 1. The number of aromatic carboxylic acids is 1. The van der Waals surface area contributed by atoms with E-state index in [9.17, 15) is 9.59 Å². The number of carboxylic acids is 1. The molecule has 0 radical (unpaired) electrons. The molecule has 0 saturated carbocycles. The van der Waals surface area contributed by atoms with Crippen molar-refractivity contribution in [3.05, 3.63) is 52.8 Å². The Balaban J connectivity index is 1.75. The molecule has 7 heteroatoms. The molecule has 1 aliphatic heterocycles. The number of pyridine rings is 1. The first-order valence-electron chi connectivity index (χ1n) is 8.81. The fourth-order valence-electron chi connectivity index (χ4n) is 2.91. The van der Waals surface area contributed by atoms with Crippen molar-refractivity contribution in [3.8, 4) is 5.75 Å². The van der Waals surface area contributed by atoms with Crippen molar-refractivity contribution in [1.82, 2.24) is 4.98 Å². The molecule has 142 valence electrons. The second kappa shape index (κ2) is 8.18. The number of aromatic nitrogens is 1. The third-order valence-electron chi connectivity index (χ3n) is 4.38. The Kier molecular flexibility index (Phi) is 5.71. The van der Waals surface area contributed by atoms with Crippen LogP contribution in [-0.2, 0) is 4.74 Å². The summed E-state index contributed by atoms with van der Waals surface area (Å²) in [6.45, 7) is 4.68. The number of hydrogen-bond acceptors (Lipinski definition) is 5. The zero-order valence-corrected chi connectivity index (χ0v) is 15.3. The molecule has 0 spiro atoms. The maximum atomic E-state index is 12.5. The zero-order valence-electron chi connectivity index (χ0n) is 15.3. The van der Waals surface area contributed by atoms with E-state index in [2.05, 4.69) is 10.3 Å². The van der Waals surface area contributed by atoms with Crippen molar-refractivity contribution in [3.63, 3.8) is 0 Å². The van der Waals surface area contributed by atoms with E-state index in [1.807, 2.05) is 19.1 Å². The molecular weight excluding hydrogens is 348 g/mol. The van der Waals surface area contributed by atoms with Gasteiger partial charge in [0.15, 0.2) is 0 Å². The van der Waals surface area contributed by atoms with Crippen LogP contribution in [0.25, 0.3) is 0 Å². The molecule has 1 aliphatic rings. The predicted molar refractivity (Wildman–Crippen MR) is 99.5 cm³/mol. The standard InChI is InChI=1S/C20H22N2O5/c1-12-5-7-16(18(10-12)27-11-14-4-3-9-26-14)22-19(23)17-8-6-15(20(24)25)13(2)21-17/h5-8,10,14H,3-4,9,11H2,1-2H3,(H,22,23)(H,24,25). The SMILES string of the molecule is Cc1ccc(NC(=O)c2ccc(C(=O)O)c(C)n2)c(OCC2CCCO2)c1. The van der Waals surface area contributed by atoms with Crippen molar-refractivity contribution in [2.24, 2.45) is 0 Å². The van der Waals surface area contributed by atoms with Gasteiger partial charge in [0.25, 0.3) is 5.91 Å². The average Bonchev–Trinajstić information content (AvgIpc) is 3.15. The number of nitrogens with zero attached hydrogens (tertiary/aromatic N) is 1. The van der Waals surface area contributed by atoms with E-state index in [1.54, 1.807) is 13.0 Å². The molecule has 1 unspecified atom stereocenters. The highest BCUT2D eigenvalue weighted by molar-refractivity contribution is 6.04. The van der Waals surface area contributed by atoms with Crippen LogP contribution in [0, 0.1) is 13.8 Å². The van der Waals surface area contributed by atoms with Crippen molar-refractivity contribution in [1.29, 1.82) is 0 Å². The molecular formula is C20H22N2O5. The first kappa shape index (κ1) is 18.8. The van der Waals surface area contributed by atoms with Crippen LogP contribution < -0.4 is 10.1 Å². The lowest BCUT2D eigenvalue weighted by atomic mass is 10.1. The van der Waals surface area contributed by atoms with E-state index in [1.165, 1.54) is 12.1 Å². The molecule has 2 N–H and O–H groups in total. The van der Waals surface area contributed by atoms with Gasteiger partial charge in [0.2, 0.25) is 0 Å². The van der Waals surface area contributed by atoms with E-state index >= 15 is 0 Å². The summed E-state index contributed by atoms with van der Waals surface area (Å²) in [7, 11) is 0. The maximum absolute atomic E-state index is 12.5. The number of rotatable bonds is 6. The minimum atomic E-state index is -1.07. The molecule has 1 amide bonds. The number of amides is 1. The first-order valence-corrected chi connectivity index (χ1v) is 8.81. The largest absolute Gasteiger partial charge is 0.489 e. The van der Waals surface area contributed by atoms with Crippen molar-refractivity contribution in [2.75, 3.05) is 18.5 Å². The number of hydrogen-bond donors (Lipinski definition) is 2. The highest BCUT2D eigenvalue weighted by Crippen LogP contribution is 2.27. The molecule has 1 aromatic heterocycles. The second-order valence-corrected chi connectivity index (χ2v) is 6.53. The van der Waals surface area contributed by atoms with E-state index in [-0.39, 0.29) is 23.1 Å². The molecule has 1 fully saturated rings. The van der Waals surface area contributed by atoms with E-state index in [0.29, 0.717) is 18.0 Å². The fraction of sp³-hybridized carbons (Fsp3) is 0.350. The summed E-state index contributed by atoms with van der Waals surface area (Å²) >= 11 is 0. The van der Waals surface area contributed by atoms with Crippen LogP contribution in [0.2, 0.25) is 0 Å². The minimum Gasteiger partial charge on any atom is -0.489 e. The van der Waals surface area contributed by atoms with Gasteiger partial charge in [-0.1, -0.05) is 6.07 Å². The normalized spacial score (nSPS) is 16.1. The number of anilines is 1. The number of aryl methyl sites for hydroxylation is 2. The topological polar surface area (TPSA) is 97.8 Å². The average molecular weight is 370 g/mol. The zero-order chi connectivity index (χ0) is 19.4. The molecule has 0 aliphatic carbocycles. The number of ether oxygens (including phenoxy) is 2. The summed E-state index contributed by atoms with van der Waals surface area (Å²) in [5.74, 6) is -0.936. The van der Waals surface area contributed by atoms with Gasteiger partial charge in [-0.05, 0) is 56.5 Å². The summed E-state index contributed by atoms with van der Waals surface area (Å²) < 4.78 is 11.4. The number of nitrogens with one attached hydrogen (secondary N) is 1. The summed E-state index contributed by atoms with van der Waals surface area (Å²) in [5.41, 5.74) is 2.04. The Morgan fingerprint density at radius 2 is 2.11 bits per heavy atom. The fourth-order valence-corrected chi connectivity index (χ4v) is 2.91. The third kappa shape index (κ3) is 4.62. The molecule has 27 heavy (non-hydrogen) atoms. The lowest BCUT2D eigenvalue weighted by Gasteiger charge is -2.16. The molecule has 7 nitrogen and oxygen atoms in total. The van der Waals surface area contributed by atoms with Gasteiger partial charge in [-0.2, -0.15) is 0 Å². The van der Waals surface area contributed by atoms with Crippen molar-refractivity contribution in [2.45, 2.75) is 32.8 Å². The molecule has 1 saturated heterocycles. The predicted octanol–water partition coefficient (Wildman–Crippen LogP) is 3.21. The van der Waals surface area contributed by atoms with Crippen molar-refractivity contribution >= 4 is 17.6 Å². The van der Waals surface area contributed by atoms with E-state index in [4.69, 9.17) is 14.6 Å². The van der Waals surface area contributed by atoms with E-state index < -0.39 is 11.9 Å². The highest BCUT2D eigenvalue weighted by Gasteiger charge is 2.18. The molecule has 3 rings (SSSR count). The van der Waals surface area contributed by atoms with Gasteiger partial charge >= 0.3 is 5.97 Å². The maximum Gasteiger partial charge on any atom is 0.337 e. The van der Waals surface area contributed by atoms with Gasteiger partial charge in [-0.3, -0.25) is 4.79 Å². The third-order valence-corrected chi connectivity index (χ3v) is 4.38. The monoisotopic (exact) mass is 370 g/mol. The van der Waals surface area contributed by atoms with Gasteiger partial charge in [0, 0.05) is 6.61 Å². The lowest BCUT2D eigenvalue weighted by Crippen LogP contribution is -2.19. The van der Waals surface area contributed by atoms with Crippen LogP contribution in [0.1, 0.15) is 44.9 Å². The van der Waals surface area contributed by atoms with Crippen LogP contribution in [0.3, 0.4) is 0 Å². The van der Waals surface area contributed by atoms with Crippen LogP contribution in [0.4, 0.5) is 5.69 Å². The Bertz CT molecular complexity index is 859. The Morgan fingerprint density at radius 1 is 1.30 bits per heavy atom. The van der Waals surface area contributed by atoms with Crippen LogP contribution in [-0.4, -0.2) is 41.3 Å². The quantitative estimate of drug-likeness (QED) is 0.810. The Labute approximate surface area is 157 Å². The molecule has 1 atom stereocenters. The van der Waals surface area contributed by atoms with Gasteiger partial charge < -0.3 is 19.9 Å². The molecule has 0 bridgehead atoms. The summed E-state index contributed by atoms with van der Waals surface area (Å²) in [4.78, 5) is 27.7. The minimum absolute atomic E-state index is 0.0712. The van der Waals surface area contributed by atoms with Gasteiger partial charge in [-0.15, -0.1) is 0 Å². The number of carboxylic acid groups (broad SMARTS) is 1. The summed E-state index contributed by atoms with van der Waals surface area (Å²) in [6, 6.07) is 8.28. The molecule has 2 heterocycles. The van der Waals surface area contributed by atoms with E-state index in [0.717, 1.165) is 25.0 Å². The number of carbonyl (C=O) groups excluding carboxylic acids is 1. The molecule has 2 aromatic rings. The Hall–Kier alpha value is -2.93. The van der Waals surface area contributed by atoms with Gasteiger partial charge in [0.1, 0.15) is 18.1 Å². The second-order valence-electron chi connectivity index (χ2n) is 6.53. The van der Waals surface area contributed by atoms with Crippen molar-refractivity contribution < 1.29 is 24.2 Å². The lowest BCUT2D eigenvalue weighted by molar-refractivity contribution is 0.0681. The van der Waals surface area contributed by atoms with Crippen LogP contribution in [0.5, 0.6) is 5.75 Å². The summed E-state index contributed by atoms with van der Waals surface area (Å²) in [6.07, 6.45) is 2.07. The summed E-state index contributed by atoms with van der Waals surface area (Å²) in [5, 5.41) is 11.9. The molecule has 1 aromatic carbocycles.